The van der Waals surface area contributed by atoms with Crippen LogP contribution in [0.25, 0.3) is 32.7 Å². The van der Waals surface area contributed by atoms with E-state index in [4.69, 9.17) is 0 Å². The Bertz CT molecular complexity index is 2150. The van der Waals surface area contributed by atoms with Gasteiger partial charge in [-0.05, 0) is 36.1 Å². The average molecular weight is 825 g/mol. The van der Waals surface area contributed by atoms with Gasteiger partial charge in [-0.2, -0.15) is 11.6 Å². The van der Waals surface area contributed by atoms with E-state index in [-0.39, 0.29) is 47.3 Å². The van der Waals surface area contributed by atoms with Gasteiger partial charge in [-0.25, -0.2) is 6.08 Å². The van der Waals surface area contributed by atoms with Crippen molar-refractivity contribution in [2.45, 2.75) is 80.1 Å². The van der Waals surface area contributed by atoms with Crippen molar-refractivity contribution >= 4 is 35.9 Å². The fourth-order valence-electron chi connectivity index (χ4n) is 7.67. The summed E-state index contributed by atoms with van der Waals surface area (Å²) >= 11 is 1.22. The zero-order chi connectivity index (χ0) is 37.0. The van der Waals surface area contributed by atoms with Crippen LogP contribution < -0.4 is 24.8 Å². The van der Waals surface area contributed by atoms with Crippen molar-refractivity contribution < 1.29 is 57.8 Å². The van der Waals surface area contributed by atoms with Crippen LogP contribution in [0.4, 0.5) is 8.78 Å². The van der Waals surface area contributed by atoms with Crippen LogP contribution in [0.1, 0.15) is 103 Å². The third kappa shape index (κ3) is 8.91. The second kappa shape index (κ2) is 15.9. The van der Waals surface area contributed by atoms with Gasteiger partial charge in [-0.15, -0.1) is 39.7 Å². The molecule has 0 N–H and O–H groups in total. The van der Waals surface area contributed by atoms with E-state index in [1.54, 1.807) is 24.3 Å². The Hall–Kier alpha value is -3.10. The van der Waals surface area contributed by atoms with Crippen molar-refractivity contribution in [2.75, 3.05) is 0 Å². The van der Waals surface area contributed by atoms with Gasteiger partial charge < -0.3 is 24.8 Å². The minimum Gasteiger partial charge on any atom is -1.00 e. The van der Waals surface area contributed by atoms with Crippen LogP contribution in [0, 0.1) is 29.0 Å². The van der Waals surface area contributed by atoms with E-state index in [0.29, 0.717) is 11.3 Å². The molecule has 3 aliphatic carbocycles. The number of rotatable bonds is 2. The third-order valence-electron chi connectivity index (χ3n) is 10.4. The van der Waals surface area contributed by atoms with E-state index < -0.39 is 0 Å². The maximum absolute atomic E-state index is 12.8. The number of hydrogen-bond donors (Lipinski definition) is 0. The Balaban J connectivity index is 0.000000194. The summed E-state index contributed by atoms with van der Waals surface area (Å²) < 4.78 is 26.6. The molecule has 0 aliphatic heterocycles. The third-order valence-corrected chi connectivity index (χ3v) is 11.9. The second-order valence-corrected chi connectivity index (χ2v) is 17.8. The second-order valence-electron chi connectivity index (χ2n) is 16.6. The number of fused-ring (bicyclic) bond motifs is 5. The molecule has 5 heteroatoms. The Kier molecular flexibility index (Phi) is 12.8. The topological polar surface area (TPSA) is 0 Å². The Morgan fingerprint density at radius 2 is 1.09 bits per heavy atom. The van der Waals surface area contributed by atoms with E-state index in [0.717, 1.165) is 14.3 Å². The molecule has 0 spiro atoms. The molecular weight excluding hydrogens is 777 g/mol. The zero-order valence-corrected chi connectivity index (χ0v) is 36.4. The molecule has 0 fully saturated rings. The summed E-state index contributed by atoms with van der Waals surface area (Å²) in [6, 6.07) is 24.8. The van der Waals surface area contributed by atoms with Crippen LogP contribution in [0.15, 0.2) is 109 Å². The number of benzene rings is 4. The molecule has 0 heterocycles. The van der Waals surface area contributed by atoms with Crippen molar-refractivity contribution in [3.63, 3.8) is 0 Å². The van der Waals surface area contributed by atoms with E-state index in [2.05, 4.69) is 130 Å². The van der Waals surface area contributed by atoms with Crippen molar-refractivity contribution in [3.05, 3.63) is 160 Å². The quantitative estimate of drug-likeness (QED) is 0.166. The first-order chi connectivity index (χ1) is 23.8. The molecule has 0 bridgehead atoms. The molecule has 0 radical (unpaired) electrons. The fourth-order valence-corrected chi connectivity index (χ4v) is 8.49. The maximum atomic E-state index is 12.8. The maximum Gasteiger partial charge on any atom is -1.00 e. The van der Waals surface area contributed by atoms with Gasteiger partial charge in [0.1, 0.15) is 0 Å². The summed E-state index contributed by atoms with van der Waals surface area (Å²) in [5.41, 5.74) is 12.6. The van der Waals surface area contributed by atoms with Crippen LogP contribution in [0.2, 0.25) is 0 Å². The van der Waals surface area contributed by atoms with Crippen LogP contribution in [-0.4, -0.2) is 3.21 Å². The fraction of sp³-hybridized carbons (Fsp3) is 0.292. The summed E-state index contributed by atoms with van der Waals surface area (Å²) in [6.07, 6.45) is 12.5. The van der Waals surface area contributed by atoms with Gasteiger partial charge in [-0.1, -0.05) is 102 Å². The van der Waals surface area contributed by atoms with Crippen molar-refractivity contribution in [1.82, 2.24) is 0 Å². The zero-order valence-electron chi connectivity index (χ0n) is 32.4. The Morgan fingerprint density at radius 3 is 1.42 bits per heavy atom. The van der Waals surface area contributed by atoms with Gasteiger partial charge in [0.05, 0.1) is 0 Å². The first-order valence-corrected chi connectivity index (χ1v) is 19.1. The Morgan fingerprint density at radius 1 is 0.698 bits per heavy atom. The number of hydrogen-bond acceptors (Lipinski definition) is 0. The van der Waals surface area contributed by atoms with E-state index in [1.165, 1.54) is 109 Å². The molecular formula is C48H48Cl2F2Zr-2. The summed E-state index contributed by atoms with van der Waals surface area (Å²) in [4.78, 5) is 0. The minimum atomic E-state index is -0.244. The van der Waals surface area contributed by atoms with Gasteiger partial charge in [0.2, 0.25) is 0 Å². The molecule has 0 aromatic heterocycles. The standard InChI is InChI=1S/C25H25.C13H8F2.C10H15.2ClH.Zr/c1-14-12-24(3,4)22-8-16-7-17-9-23-19(15(2)13-25(23,5)6)11-21(17)20(16)10-18(14)22;14-12-5-1-10(2-6-12)9-11-3-7-13(15)8-4-11;1-8-5-6-9(7-8)10(2,3)4;;;/h7-13H,1-6H3;1-8H;6-8H,1-4H3;2*1H;/q-1;;-1;;;+2/p-2. The van der Waals surface area contributed by atoms with E-state index in [9.17, 15) is 8.78 Å². The molecule has 0 saturated carbocycles. The smallest absolute Gasteiger partial charge is 1.00 e. The van der Waals surface area contributed by atoms with Crippen LogP contribution in [0.3, 0.4) is 0 Å². The van der Waals surface area contributed by atoms with Gasteiger partial charge in [0, 0.05) is 10.8 Å². The number of allylic oxidation sites excluding steroid dienone is 8. The van der Waals surface area contributed by atoms with Crippen molar-refractivity contribution in [1.29, 1.82) is 0 Å². The molecule has 3 aliphatic rings. The SMILES string of the molecule is CC1=CC(C)(C)c2cc3[cH-]c4cc5c(cc4c3cc21)C(C)=CC5(C)C.CC1[C-]=CC(C(C)(C)C)=C1.Fc1ccc([C](=[Zr+2])c2ccc(F)cc2)cc1.[Cl-].[Cl-]. The first kappa shape index (κ1) is 42.6. The van der Waals surface area contributed by atoms with Crippen LogP contribution in [-0.2, 0) is 35.1 Å². The monoisotopic (exact) mass is 822 g/mol. The molecule has 8 rings (SSSR count). The van der Waals surface area contributed by atoms with Gasteiger partial charge in [0.15, 0.2) is 0 Å². The van der Waals surface area contributed by atoms with Crippen LogP contribution >= 0.6 is 0 Å². The summed E-state index contributed by atoms with van der Waals surface area (Å²) in [6.45, 7) is 22.6. The molecule has 1 atom stereocenters. The largest absolute Gasteiger partial charge is 1.00 e. The normalized spacial score (nSPS) is 17.2. The predicted octanol–water partition coefficient (Wildman–Crippen LogP) is 7.16. The molecule has 5 aromatic carbocycles. The minimum absolute atomic E-state index is 0. The van der Waals surface area contributed by atoms with Crippen LogP contribution in [0.5, 0.6) is 0 Å². The molecule has 0 saturated heterocycles. The predicted molar refractivity (Wildman–Crippen MR) is 211 cm³/mol. The molecule has 53 heavy (non-hydrogen) atoms. The van der Waals surface area contributed by atoms with E-state index in [1.807, 2.05) is 0 Å². The van der Waals surface area contributed by atoms with Gasteiger partial charge >= 0.3 is 108 Å². The molecule has 1 unspecified atom stereocenters. The first-order valence-electron chi connectivity index (χ1n) is 17.9. The summed E-state index contributed by atoms with van der Waals surface area (Å²) in [7, 11) is 0. The Labute approximate surface area is 342 Å². The number of halogens is 4. The molecule has 274 valence electrons. The molecule has 5 aromatic rings. The molecule has 0 nitrogen and oxygen atoms in total. The van der Waals surface area contributed by atoms with Crippen molar-refractivity contribution in [2.24, 2.45) is 11.3 Å². The van der Waals surface area contributed by atoms with E-state index >= 15 is 0 Å². The van der Waals surface area contributed by atoms with Crippen molar-refractivity contribution in [3.8, 4) is 0 Å². The van der Waals surface area contributed by atoms with Gasteiger partial charge in [-0.3, -0.25) is 6.08 Å². The van der Waals surface area contributed by atoms with Gasteiger partial charge in [0.25, 0.3) is 0 Å². The molecule has 0 amide bonds. The summed E-state index contributed by atoms with van der Waals surface area (Å²) in [5, 5.41) is 5.57. The average Bonchev–Trinajstić information content (AvgIpc) is 3.77. The summed E-state index contributed by atoms with van der Waals surface area (Å²) in [5.74, 6) is 0.0344.